The van der Waals surface area contributed by atoms with E-state index in [1.165, 1.54) is 25.3 Å². The Morgan fingerprint density at radius 1 is 1.21 bits per heavy atom. The first-order valence-corrected chi connectivity index (χ1v) is 12.3. The van der Waals surface area contributed by atoms with Gasteiger partial charge >= 0.3 is 0 Å². The zero-order valence-corrected chi connectivity index (χ0v) is 20.8. The number of benzene rings is 2. The zero-order valence-electron chi connectivity index (χ0n) is 20.8. The number of methoxy groups -OCH3 is 1. The minimum absolute atomic E-state index is 0.0207. The Labute approximate surface area is 217 Å². The van der Waals surface area contributed by atoms with E-state index >= 15 is 0 Å². The average Bonchev–Trinajstić information content (AvgIpc) is 2.88. The number of aliphatic hydroxyl groups is 3. The molecule has 0 amide bonds. The molecule has 0 bridgehead atoms. The lowest BCUT2D eigenvalue weighted by Crippen LogP contribution is -2.53. The van der Waals surface area contributed by atoms with Crippen LogP contribution in [0.3, 0.4) is 0 Å². The van der Waals surface area contributed by atoms with Crippen molar-refractivity contribution in [2.24, 2.45) is 5.73 Å². The predicted octanol–water partition coefficient (Wildman–Crippen LogP) is 0.296. The summed E-state index contributed by atoms with van der Waals surface area (Å²) in [6, 6.07) is 5.29. The molecule has 2 aromatic rings. The number of fused-ring (bicyclic) bond motifs is 3. The summed E-state index contributed by atoms with van der Waals surface area (Å²) in [5.74, 6) is -2.35. The van der Waals surface area contributed by atoms with Crippen LogP contribution in [-0.2, 0) is 20.7 Å². The van der Waals surface area contributed by atoms with Crippen LogP contribution in [0.5, 0.6) is 11.5 Å². The van der Waals surface area contributed by atoms with Gasteiger partial charge in [0, 0.05) is 42.0 Å². The first kappa shape index (κ1) is 26.4. The van der Waals surface area contributed by atoms with Crippen LogP contribution in [-0.4, -0.2) is 81.6 Å². The Morgan fingerprint density at radius 2 is 1.95 bits per heavy atom. The average molecular weight is 528 g/mol. The van der Waals surface area contributed by atoms with Gasteiger partial charge < -0.3 is 40.4 Å². The molecule has 1 heterocycles. The number of Topliss-reactive ketones (excluding diaryl/α,β-unsaturated/α-hetero) is 1. The molecule has 11 nitrogen and oxygen atoms in total. The monoisotopic (exact) mass is 527 g/mol. The van der Waals surface area contributed by atoms with Gasteiger partial charge in [0.1, 0.15) is 23.7 Å². The number of rotatable bonds is 5. The Bertz CT molecular complexity index is 1330. The minimum Gasteiger partial charge on any atom is -0.507 e. The van der Waals surface area contributed by atoms with E-state index in [-0.39, 0.29) is 58.4 Å². The number of carbonyl (C=O) groups excluding carboxylic acids is 3. The summed E-state index contributed by atoms with van der Waals surface area (Å²) in [5.41, 5.74) is 4.08. The van der Waals surface area contributed by atoms with Crippen molar-refractivity contribution in [2.45, 2.75) is 62.4 Å². The number of aromatic hydroxyl groups is 1. The van der Waals surface area contributed by atoms with E-state index in [4.69, 9.17) is 19.9 Å². The fourth-order valence-electron chi connectivity index (χ4n) is 5.68. The second-order valence-corrected chi connectivity index (χ2v) is 10.0. The van der Waals surface area contributed by atoms with Crippen LogP contribution < -0.4 is 10.5 Å². The van der Waals surface area contributed by atoms with E-state index < -0.39 is 66.0 Å². The number of ether oxygens (including phenoxy) is 3. The second-order valence-electron chi connectivity index (χ2n) is 10.0. The number of ketones is 3. The molecule has 2 aromatic carbocycles. The largest absolute Gasteiger partial charge is 0.507 e. The van der Waals surface area contributed by atoms with Crippen LogP contribution >= 0.6 is 0 Å². The van der Waals surface area contributed by atoms with Crippen LogP contribution in [0.15, 0.2) is 24.3 Å². The van der Waals surface area contributed by atoms with Crippen molar-refractivity contribution in [3.63, 3.8) is 0 Å². The molecule has 11 heteroatoms. The highest BCUT2D eigenvalue weighted by molar-refractivity contribution is 6.30. The van der Waals surface area contributed by atoms with Gasteiger partial charge in [0.15, 0.2) is 17.9 Å². The van der Waals surface area contributed by atoms with Crippen molar-refractivity contribution in [3.8, 4) is 11.5 Å². The first-order chi connectivity index (χ1) is 18.0. The number of phenols is 1. The van der Waals surface area contributed by atoms with Crippen LogP contribution in [0.25, 0.3) is 0 Å². The van der Waals surface area contributed by atoms with Crippen LogP contribution in [0.1, 0.15) is 68.8 Å². The van der Waals surface area contributed by atoms with Gasteiger partial charge in [0.05, 0.1) is 36.5 Å². The van der Waals surface area contributed by atoms with Gasteiger partial charge in [0.25, 0.3) is 0 Å². The maximum absolute atomic E-state index is 13.6. The quantitative estimate of drug-likeness (QED) is 0.307. The summed E-state index contributed by atoms with van der Waals surface area (Å²) in [6.45, 7) is 0.678. The van der Waals surface area contributed by atoms with Gasteiger partial charge in [-0.05, 0) is 24.6 Å². The molecule has 0 unspecified atom stereocenters. The molecule has 2 aliphatic carbocycles. The molecule has 1 fully saturated rings. The number of hydrogen-bond acceptors (Lipinski definition) is 11. The summed E-state index contributed by atoms with van der Waals surface area (Å²) >= 11 is 0. The molecule has 38 heavy (non-hydrogen) atoms. The summed E-state index contributed by atoms with van der Waals surface area (Å²) in [5, 5.41) is 42.3. The molecule has 3 aliphatic rings. The standard InChI is InChI=1S/C27H29NO10/c1-11-23(31)15(28)7-19(37-11)38-17-9-27(35,18(30)10-29)8-12-6-14-22(25(33)20(12)17)26(34)21-13(24(14)32)4-3-5-16(21)36-2/h3-6,11,15,17,19,23,29,31,33,35H,7-10,28H2,1-2H3/t11-,15-,17-,19-,23+,27-/m0/s1. The van der Waals surface area contributed by atoms with Gasteiger partial charge in [-0.15, -0.1) is 0 Å². The van der Waals surface area contributed by atoms with Gasteiger partial charge in [-0.3, -0.25) is 14.4 Å². The molecule has 0 radical (unpaired) electrons. The molecule has 202 valence electrons. The van der Waals surface area contributed by atoms with Crippen molar-refractivity contribution in [1.82, 2.24) is 0 Å². The van der Waals surface area contributed by atoms with Crippen LogP contribution in [0.2, 0.25) is 0 Å². The minimum atomic E-state index is -2.07. The molecule has 5 rings (SSSR count). The van der Waals surface area contributed by atoms with Gasteiger partial charge in [-0.25, -0.2) is 0 Å². The molecular formula is C27H29NO10. The van der Waals surface area contributed by atoms with Gasteiger partial charge in [0.2, 0.25) is 5.78 Å². The highest BCUT2D eigenvalue weighted by Gasteiger charge is 2.48. The van der Waals surface area contributed by atoms with Crippen molar-refractivity contribution in [1.29, 1.82) is 0 Å². The van der Waals surface area contributed by atoms with E-state index in [9.17, 15) is 34.8 Å². The highest BCUT2D eigenvalue weighted by atomic mass is 16.7. The Kier molecular flexibility index (Phi) is 6.62. The second kappa shape index (κ2) is 9.53. The Morgan fingerprint density at radius 3 is 2.61 bits per heavy atom. The van der Waals surface area contributed by atoms with Gasteiger partial charge in [-0.2, -0.15) is 0 Å². The van der Waals surface area contributed by atoms with E-state index in [1.807, 2.05) is 0 Å². The number of hydrogen-bond donors (Lipinski definition) is 5. The lowest BCUT2D eigenvalue weighted by molar-refractivity contribution is -0.247. The van der Waals surface area contributed by atoms with E-state index in [1.54, 1.807) is 13.0 Å². The lowest BCUT2D eigenvalue weighted by Gasteiger charge is -2.42. The summed E-state index contributed by atoms with van der Waals surface area (Å²) in [6.07, 6.45) is -4.36. The van der Waals surface area contributed by atoms with Gasteiger partial charge in [-0.1, -0.05) is 12.1 Å². The topological polar surface area (TPSA) is 186 Å². The first-order valence-electron chi connectivity index (χ1n) is 12.3. The number of carbonyl (C=O) groups is 3. The normalized spacial score (nSPS) is 30.3. The summed E-state index contributed by atoms with van der Waals surface area (Å²) in [7, 11) is 1.37. The maximum atomic E-state index is 13.6. The third-order valence-electron chi connectivity index (χ3n) is 7.67. The molecule has 0 saturated carbocycles. The highest BCUT2D eigenvalue weighted by Crippen LogP contribution is 2.48. The molecule has 1 aliphatic heterocycles. The van der Waals surface area contributed by atoms with Crippen molar-refractivity contribution in [2.75, 3.05) is 13.7 Å². The van der Waals surface area contributed by atoms with Crippen molar-refractivity contribution >= 4 is 17.3 Å². The zero-order chi connectivity index (χ0) is 27.5. The third-order valence-corrected chi connectivity index (χ3v) is 7.67. The molecule has 6 N–H and O–H groups in total. The fourth-order valence-corrected chi connectivity index (χ4v) is 5.68. The summed E-state index contributed by atoms with van der Waals surface area (Å²) in [4.78, 5) is 39.6. The fraction of sp³-hybridized carbons (Fsp3) is 0.444. The van der Waals surface area contributed by atoms with Crippen LogP contribution in [0, 0.1) is 0 Å². The Hall–Kier alpha value is -3.19. The molecule has 0 spiro atoms. The van der Waals surface area contributed by atoms with E-state index in [2.05, 4.69) is 0 Å². The predicted molar refractivity (Wildman–Crippen MR) is 130 cm³/mol. The molecular weight excluding hydrogens is 498 g/mol. The Balaban J connectivity index is 1.64. The number of aliphatic hydroxyl groups excluding tert-OH is 2. The van der Waals surface area contributed by atoms with Crippen molar-refractivity contribution < 1.29 is 49.0 Å². The molecule has 0 aromatic heterocycles. The SMILES string of the molecule is COc1cccc2c1C(=O)c1c(cc3c(c1O)[C@@H](O[C@H]1C[C@H](N)[C@H](O)[C@H](C)O1)C[C@](O)(C(=O)CO)C3)C2=O. The maximum Gasteiger partial charge on any atom is 0.201 e. The van der Waals surface area contributed by atoms with Crippen molar-refractivity contribution in [3.05, 3.63) is 57.6 Å². The number of phenolic OH excluding ortho intramolecular Hbond substituents is 1. The third kappa shape index (κ3) is 4.03. The lowest BCUT2D eigenvalue weighted by atomic mass is 9.72. The summed E-state index contributed by atoms with van der Waals surface area (Å²) < 4.78 is 17.1. The molecule has 1 saturated heterocycles. The van der Waals surface area contributed by atoms with E-state index in [0.717, 1.165) is 0 Å². The smallest absolute Gasteiger partial charge is 0.201 e. The molecule has 6 atom stereocenters. The van der Waals surface area contributed by atoms with E-state index in [0.29, 0.717) is 0 Å². The van der Waals surface area contributed by atoms with Crippen LogP contribution in [0.4, 0.5) is 0 Å². The number of nitrogens with two attached hydrogens (primary N) is 1.